The number of amides is 2. The van der Waals surface area contributed by atoms with Crippen molar-refractivity contribution in [2.75, 3.05) is 6.54 Å². The number of urea groups is 1. The molecular formula is C28H38N4O2. The number of nitrogens with one attached hydrogen (secondary N) is 1. The third-order valence-electron chi connectivity index (χ3n) is 5.87. The molecular weight excluding hydrogens is 424 g/mol. The molecule has 1 atom stereocenters. The van der Waals surface area contributed by atoms with Crippen molar-refractivity contribution in [3.63, 3.8) is 0 Å². The van der Waals surface area contributed by atoms with Crippen LogP contribution >= 0.6 is 0 Å². The summed E-state index contributed by atoms with van der Waals surface area (Å²) in [5.74, 6) is 0.595. The van der Waals surface area contributed by atoms with Gasteiger partial charge in [0.25, 0.3) is 5.56 Å². The average Bonchev–Trinajstić information content (AvgIpc) is 2.77. The quantitative estimate of drug-likeness (QED) is 0.409. The zero-order valence-corrected chi connectivity index (χ0v) is 21.4. The van der Waals surface area contributed by atoms with Crippen LogP contribution in [0.15, 0.2) is 53.3 Å². The first-order valence-corrected chi connectivity index (χ1v) is 12.3. The Balaban J connectivity index is 2.23. The van der Waals surface area contributed by atoms with Crippen molar-refractivity contribution in [2.24, 2.45) is 0 Å². The van der Waals surface area contributed by atoms with Gasteiger partial charge < -0.3 is 10.2 Å². The molecule has 3 aromatic rings. The number of nitrogens with zero attached hydrogens (tertiary/aromatic N) is 3. The number of aryl methyl sites for hydroxylation is 1. The number of benzene rings is 2. The van der Waals surface area contributed by atoms with Crippen molar-refractivity contribution in [1.82, 2.24) is 19.8 Å². The molecule has 0 aliphatic rings. The highest BCUT2D eigenvalue weighted by molar-refractivity contribution is 5.78. The van der Waals surface area contributed by atoms with Gasteiger partial charge in [0.05, 0.1) is 22.6 Å². The summed E-state index contributed by atoms with van der Waals surface area (Å²) in [6.45, 7) is 12.7. The Morgan fingerprint density at radius 3 is 2.47 bits per heavy atom. The van der Waals surface area contributed by atoms with Crippen molar-refractivity contribution < 1.29 is 4.79 Å². The molecule has 3 rings (SSSR count). The lowest BCUT2D eigenvalue weighted by Crippen LogP contribution is -2.50. The second-order valence-electron chi connectivity index (χ2n) is 9.97. The molecule has 0 bridgehead atoms. The summed E-state index contributed by atoms with van der Waals surface area (Å²) in [4.78, 5) is 34.1. The number of carbonyl (C=O) groups is 1. The molecule has 0 radical (unpaired) electrons. The van der Waals surface area contributed by atoms with Gasteiger partial charge in [-0.3, -0.25) is 9.36 Å². The van der Waals surface area contributed by atoms with Gasteiger partial charge in [-0.05, 0) is 70.4 Å². The van der Waals surface area contributed by atoms with Crippen molar-refractivity contribution >= 4 is 16.9 Å². The Morgan fingerprint density at radius 2 is 1.82 bits per heavy atom. The van der Waals surface area contributed by atoms with E-state index in [0.29, 0.717) is 29.7 Å². The molecule has 0 aliphatic heterocycles. The van der Waals surface area contributed by atoms with E-state index in [4.69, 9.17) is 4.98 Å². The fourth-order valence-corrected chi connectivity index (χ4v) is 4.26. The lowest BCUT2D eigenvalue weighted by atomic mass is 10.1. The van der Waals surface area contributed by atoms with Crippen molar-refractivity contribution in [3.8, 4) is 5.69 Å². The number of rotatable bonds is 8. The van der Waals surface area contributed by atoms with Gasteiger partial charge in [0.15, 0.2) is 0 Å². The van der Waals surface area contributed by atoms with Gasteiger partial charge in [-0.1, -0.05) is 51.0 Å². The summed E-state index contributed by atoms with van der Waals surface area (Å²) in [7, 11) is 0. The molecule has 6 nitrogen and oxygen atoms in total. The second-order valence-corrected chi connectivity index (χ2v) is 9.97. The molecule has 1 heterocycles. The molecule has 2 amide bonds. The third-order valence-corrected chi connectivity index (χ3v) is 5.87. The van der Waals surface area contributed by atoms with Crippen LogP contribution < -0.4 is 10.9 Å². The monoisotopic (exact) mass is 462 g/mol. The molecule has 182 valence electrons. The Hall–Kier alpha value is -3.15. The summed E-state index contributed by atoms with van der Waals surface area (Å²) in [6.07, 6.45) is 3.63. The predicted octanol–water partition coefficient (Wildman–Crippen LogP) is 6.15. The van der Waals surface area contributed by atoms with E-state index < -0.39 is 0 Å². The number of carbonyl (C=O) groups excluding carboxylic acids is 1. The number of hydrogen-bond donors (Lipinski definition) is 1. The number of fused-ring (bicyclic) bond motifs is 1. The fourth-order valence-electron chi connectivity index (χ4n) is 4.26. The smallest absolute Gasteiger partial charge is 0.318 e. The number of para-hydroxylation sites is 1. The zero-order valence-electron chi connectivity index (χ0n) is 21.4. The number of hydrogen-bond acceptors (Lipinski definition) is 3. The molecule has 1 aromatic heterocycles. The normalized spacial score (nSPS) is 12.5. The molecule has 0 saturated heterocycles. The molecule has 0 saturated carbocycles. The summed E-state index contributed by atoms with van der Waals surface area (Å²) < 4.78 is 1.70. The molecule has 1 unspecified atom stereocenters. The maximum Gasteiger partial charge on any atom is 0.318 e. The van der Waals surface area contributed by atoms with Crippen LogP contribution in [0.4, 0.5) is 4.79 Å². The van der Waals surface area contributed by atoms with Crippen LogP contribution in [0.3, 0.4) is 0 Å². The summed E-state index contributed by atoms with van der Waals surface area (Å²) in [5.41, 5.74) is 1.98. The van der Waals surface area contributed by atoms with Gasteiger partial charge in [-0.15, -0.1) is 0 Å². The first kappa shape index (κ1) is 25.5. The lowest BCUT2D eigenvalue weighted by Gasteiger charge is -2.35. The summed E-state index contributed by atoms with van der Waals surface area (Å²) in [6, 6.07) is 14.8. The minimum Gasteiger partial charge on any atom is -0.333 e. The highest BCUT2D eigenvalue weighted by Gasteiger charge is 2.30. The van der Waals surface area contributed by atoms with E-state index in [1.54, 1.807) is 4.57 Å². The minimum atomic E-state index is -0.370. The highest BCUT2D eigenvalue weighted by Crippen LogP contribution is 2.27. The van der Waals surface area contributed by atoms with Gasteiger partial charge in [-0.2, -0.15) is 0 Å². The van der Waals surface area contributed by atoms with Gasteiger partial charge in [0.2, 0.25) is 0 Å². The van der Waals surface area contributed by atoms with Crippen LogP contribution in [0.2, 0.25) is 0 Å². The van der Waals surface area contributed by atoms with E-state index in [0.717, 1.165) is 30.5 Å². The lowest BCUT2D eigenvalue weighted by molar-refractivity contribution is 0.158. The van der Waals surface area contributed by atoms with Gasteiger partial charge >= 0.3 is 6.03 Å². The van der Waals surface area contributed by atoms with Crippen LogP contribution in [0.25, 0.3) is 16.6 Å². The maximum atomic E-state index is 13.8. The number of unbranched alkanes of at least 4 members (excludes halogenated alkanes) is 2. The third kappa shape index (κ3) is 5.85. The Bertz CT molecular complexity index is 1190. The first-order chi connectivity index (χ1) is 16.2. The van der Waals surface area contributed by atoms with E-state index in [1.807, 2.05) is 88.0 Å². The van der Waals surface area contributed by atoms with Crippen molar-refractivity contribution in [2.45, 2.75) is 78.8 Å². The van der Waals surface area contributed by atoms with E-state index in [9.17, 15) is 9.59 Å². The van der Waals surface area contributed by atoms with Crippen LogP contribution in [0.5, 0.6) is 0 Å². The molecule has 1 N–H and O–H groups in total. The topological polar surface area (TPSA) is 67.2 Å². The predicted molar refractivity (Wildman–Crippen MR) is 140 cm³/mol. The molecule has 2 aromatic carbocycles. The largest absolute Gasteiger partial charge is 0.333 e. The molecule has 6 heteroatoms. The van der Waals surface area contributed by atoms with E-state index >= 15 is 0 Å². The van der Waals surface area contributed by atoms with Crippen LogP contribution in [0.1, 0.15) is 77.7 Å². The van der Waals surface area contributed by atoms with Crippen LogP contribution in [-0.2, 0) is 0 Å². The van der Waals surface area contributed by atoms with Crippen molar-refractivity contribution in [3.05, 3.63) is 70.3 Å². The first-order valence-electron chi connectivity index (χ1n) is 12.3. The zero-order chi connectivity index (χ0) is 24.9. The molecule has 0 fully saturated rings. The minimum absolute atomic E-state index is 0.116. The Labute approximate surface area is 203 Å². The Kier molecular flexibility index (Phi) is 8.13. The average molecular weight is 463 g/mol. The van der Waals surface area contributed by atoms with E-state index in [-0.39, 0.29) is 23.2 Å². The SMILES string of the molecule is CCCCCN(C(=O)NC(C)(C)C)C(CC)c1nc2ccccc2c(=O)n1-c1cccc(C)c1. The fraction of sp³-hybridized carbons (Fsp3) is 0.464. The van der Waals surface area contributed by atoms with Crippen molar-refractivity contribution in [1.29, 1.82) is 0 Å². The standard InChI is InChI=1S/C28H38N4O2/c1-7-9-12-18-31(27(34)30-28(4,5)6)24(8-2)25-29-23-17-11-10-16-22(23)26(33)32(25)21-15-13-14-20(3)19-21/h10-11,13-17,19,24H,7-9,12,18H2,1-6H3,(H,30,34). The van der Waals surface area contributed by atoms with Gasteiger partial charge in [-0.25, -0.2) is 9.78 Å². The number of aromatic nitrogens is 2. The Morgan fingerprint density at radius 1 is 1.09 bits per heavy atom. The summed E-state index contributed by atoms with van der Waals surface area (Å²) >= 11 is 0. The van der Waals surface area contributed by atoms with Crippen LogP contribution in [0, 0.1) is 6.92 Å². The molecule has 0 aliphatic carbocycles. The van der Waals surface area contributed by atoms with E-state index in [1.165, 1.54) is 0 Å². The molecule has 0 spiro atoms. The van der Waals surface area contributed by atoms with Crippen LogP contribution in [-0.4, -0.2) is 32.6 Å². The van der Waals surface area contributed by atoms with E-state index in [2.05, 4.69) is 12.2 Å². The maximum absolute atomic E-state index is 13.8. The summed E-state index contributed by atoms with van der Waals surface area (Å²) in [5, 5.41) is 3.69. The highest BCUT2D eigenvalue weighted by atomic mass is 16.2. The van der Waals surface area contributed by atoms with Gasteiger partial charge in [0, 0.05) is 12.1 Å². The molecule has 34 heavy (non-hydrogen) atoms. The second kappa shape index (κ2) is 10.9. The van der Waals surface area contributed by atoms with Gasteiger partial charge in [0.1, 0.15) is 5.82 Å².